The Morgan fingerprint density at radius 3 is 2.81 bits per heavy atom. The van der Waals surface area contributed by atoms with Gasteiger partial charge in [-0.05, 0) is 75.0 Å². The summed E-state index contributed by atoms with van der Waals surface area (Å²) >= 11 is 0. The van der Waals surface area contributed by atoms with Crippen molar-refractivity contribution in [2.45, 2.75) is 57.8 Å². The number of benzene rings is 1. The number of nitrogens with one attached hydrogen (secondary N) is 1. The molecule has 3 aliphatic rings. The fourth-order valence-electron chi connectivity index (χ4n) is 5.44. The number of amides is 1. The highest BCUT2D eigenvalue weighted by molar-refractivity contribution is 5.79. The molecule has 5 rings (SSSR count). The van der Waals surface area contributed by atoms with Crippen molar-refractivity contribution in [3.05, 3.63) is 47.3 Å². The van der Waals surface area contributed by atoms with Crippen LogP contribution in [0.3, 0.4) is 0 Å². The predicted octanol–water partition coefficient (Wildman–Crippen LogP) is 3.53. The molecule has 1 aromatic heterocycles. The molecule has 3 heterocycles. The molecule has 0 bridgehead atoms. The van der Waals surface area contributed by atoms with Crippen molar-refractivity contribution in [1.82, 2.24) is 15.3 Å². The summed E-state index contributed by atoms with van der Waals surface area (Å²) in [4.78, 5) is 27.1. The van der Waals surface area contributed by atoms with Gasteiger partial charge >= 0.3 is 0 Å². The van der Waals surface area contributed by atoms with Crippen molar-refractivity contribution in [3.8, 4) is 0 Å². The van der Waals surface area contributed by atoms with Gasteiger partial charge in [-0.1, -0.05) is 18.2 Å². The molecule has 1 N–H and O–H groups in total. The quantitative estimate of drug-likeness (QED) is 0.706. The van der Waals surface area contributed by atoms with Crippen molar-refractivity contribution in [3.63, 3.8) is 0 Å². The van der Waals surface area contributed by atoms with Crippen LogP contribution in [-0.4, -0.2) is 48.6 Å². The molecule has 6 nitrogen and oxygen atoms in total. The van der Waals surface area contributed by atoms with Crippen LogP contribution in [0.4, 0.5) is 11.6 Å². The van der Waals surface area contributed by atoms with E-state index in [2.05, 4.69) is 44.4 Å². The summed E-state index contributed by atoms with van der Waals surface area (Å²) in [6.07, 6.45) is 11.6. The molecular formula is C26H35N5O. The minimum Gasteiger partial charge on any atom is -0.371 e. The third kappa shape index (κ3) is 4.74. The van der Waals surface area contributed by atoms with Crippen molar-refractivity contribution < 1.29 is 4.79 Å². The topological polar surface area (TPSA) is 61.4 Å². The molecule has 1 aliphatic carbocycles. The summed E-state index contributed by atoms with van der Waals surface area (Å²) in [7, 11) is 0. The lowest BCUT2D eigenvalue weighted by molar-refractivity contribution is -0.125. The van der Waals surface area contributed by atoms with Crippen molar-refractivity contribution in [1.29, 1.82) is 0 Å². The standard InChI is InChI=1S/C26H35N5O/c32-25(27-13-7-17-30-16-6-9-20-8-2-3-10-24(20)30)21-11-12-23-22(18-21)19-28-26(29-23)31-14-4-1-5-15-31/h2-3,8,10,19,21H,1,4-7,9,11-18H2,(H,27,32)/t21-/m1/s1. The average molecular weight is 434 g/mol. The zero-order valence-corrected chi connectivity index (χ0v) is 19.1. The third-order valence-electron chi connectivity index (χ3n) is 7.26. The first kappa shape index (κ1) is 21.2. The molecule has 32 heavy (non-hydrogen) atoms. The summed E-state index contributed by atoms with van der Waals surface area (Å²) in [5.41, 5.74) is 5.13. The molecule has 2 aliphatic heterocycles. The van der Waals surface area contributed by atoms with Gasteiger partial charge in [0.05, 0.1) is 0 Å². The number of fused-ring (bicyclic) bond motifs is 2. The van der Waals surface area contributed by atoms with Gasteiger partial charge in [0.25, 0.3) is 0 Å². The van der Waals surface area contributed by atoms with Gasteiger partial charge in [0.2, 0.25) is 11.9 Å². The summed E-state index contributed by atoms with van der Waals surface area (Å²) in [5, 5.41) is 3.20. The Morgan fingerprint density at radius 2 is 1.91 bits per heavy atom. The van der Waals surface area contributed by atoms with E-state index >= 15 is 0 Å². The van der Waals surface area contributed by atoms with Gasteiger partial charge in [-0.15, -0.1) is 0 Å². The van der Waals surface area contributed by atoms with Crippen LogP contribution in [-0.2, 0) is 24.1 Å². The number of hydrogen-bond acceptors (Lipinski definition) is 5. The van der Waals surface area contributed by atoms with Gasteiger partial charge in [-0.2, -0.15) is 0 Å². The molecule has 0 saturated carbocycles. The summed E-state index contributed by atoms with van der Waals surface area (Å²) < 4.78 is 0. The van der Waals surface area contributed by atoms with E-state index in [1.54, 1.807) is 0 Å². The van der Waals surface area contributed by atoms with Crippen LogP contribution in [0.2, 0.25) is 0 Å². The highest BCUT2D eigenvalue weighted by atomic mass is 16.1. The predicted molar refractivity (Wildman–Crippen MR) is 128 cm³/mol. The SMILES string of the molecule is O=C(NCCCN1CCCc2ccccc21)[C@@H]1CCc2nc(N3CCCCC3)ncc2C1. The molecule has 2 aromatic rings. The lowest BCUT2D eigenvalue weighted by atomic mass is 9.86. The number of nitrogens with zero attached hydrogens (tertiary/aromatic N) is 4. The van der Waals surface area contributed by atoms with E-state index in [0.29, 0.717) is 0 Å². The molecule has 6 heteroatoms. The second-order valence-corrected chi connectivity index (χ2v) is 9.49. The Balaban J connectivity index is 1.09. The molecule has 1 fully saturated rings. The van der Waals surface area contributed by atoms with Crippen LogP contribution in [0.1, 0.15) is 55.3 Å². The lowest BCUT2D eigenvalue weighted by Gasteiger charge is -2.31. The Kier molecular flexibility index (Phi) is 6.56. The maximum Gasteiger partial charge on any atom is 0.225 e. The summed E-state index contributed by atoms with van der Waals surface area (Å²) in [6, 6.07) is 8.72. The highest BCUT2D eigenvalue weighted by Gasteiger charge is 2.27. The van der Waals surface area contributed by atoms with E-state index in [9.17, 15) is 4.79 Å². The number of aryl methyl sites for hydroxylation is 2. The number of hydrogen-bond donors (Lipinski definition) is 1. The zero-order chi connectivity index (χ0) is 21.8. The molecule has 1 atom stereocenters. The number of para-hydroxylation sites is 1. The van der Waals surface area contributed by atoms with Gasteiger partial charge in [0.1, 0.15) is 0 Å². The zero-order valence-electron chi connectivity index (χ0n) is 19.1. The van der Waals surface area contributed by atoms with Gasteiger partial charge in [0.15, 0.2) is 0 Å². The van der Waals surface area contributed by atoms with E-state index in [0.717, 1.165) is 75.6 Å². The Bertz CT molecular complexity index is 940. The van der Waals surface area contributed by atoms with Gasteiger partial charge < -0.3 is 15.1 Å². The monoisotopic (exact) mass is 433 g/mol. The van der Waals surface area contributed by atoms with Gasteiger partial charge in [-0.25, -0.2) is 9.97 Å². The summed E-state index contributed by atoms with van der Waals surface area (Å²) in [6.45, 7) is 4.98. The Labute approximate surface area is 191 Å². The molecule has 1 aromatic carbocycles. The number of aromatic nitrogens is 2. The maximum atomic E-state index is 12.8. The van der Waals surface area contributed by atoms with E-state index < -0.39 is 0 Å². The van der Waals surface area contributed by atoms with E-state index in [1.807, 2.05) is 6.20 Å². The smallest absolute Gasteiger partial charge is 0.225 e. The Morgan fingerprint density at radius 1 is 1.03 bits per heavy atom. The van der Waals surface area contributed by atoms with E-state index in [-0.39, 0.29) is 11.8 Å². The lowest BCUT2D eigenvalue weighted by Crippen LogP contribution is -2.37. The first-order chi connectivity index (χ1) is 15.8. The second-order valence-electron chi connectivity index (χ2n) is 9.49. The van der Waals surface area contributed by atoms with Crippen molar-refractivity contribution in [2.75, 3.05) is 42.5 Å². The largest absolute Gasteiger partial charge is 0.371 e. The van der Waals surface area contributed by atoms with Crippen LogP contribution in [0.5, 0.6) is 0 Å². The Hall–Kier alpha value is -2.63. The fraction of sp³-hybridized carbons (Fsp3) is 0.577. The van der Waals surface area contributed by atoms with Crippen LogP contribution in [0.25, 0.3) is 0 Å². The number of piperidine rings is 1. The third-order valence-corrected chi connectivity index (χ3v) is 7.26. The molecule has 170 valence electrons. The fourth-order valence-corrected chi connectivity index (χ4v) is 5.44. The maximum absolute atomic E-state index is 12.8. The van der Waals surface area contributed by atoms with Crippen LogP contribution in [0, 0.1) is 5.92 Å². The molecular weight excluding hydrogens is 398 g/mol. The first-order valence-electron chi connectivity index (χ1n) is 12.5. The van der Waals surface area contributed by atoms with Crippen LogP contribution < -0.4 is 15.1 Å². The average Bonchev–Trinajstić information content (AvgIpc) is 2.86. The molecule has 1 amide bonds. The van der Waals surface area contributed by atoms with Crippen molar-refractivity contribution >= 4 is 17.5 Å². The van der Waals surface area contributed by atoms with Gasteiger partial charge in [-0.3, -0.25) is 4.79 Å². The second kappa shape index (κ2) is 9.88. The number of anilines is 2. The van der Waals surface area contributed by atoms with Crippen LogP contribution >= 0.6 is 0 Å². The highest BCUT2D eigenvalue weighted by Crippen LogP contribution is 2.27. The minimum atomic E-state index is 0.0441. The minimum absolute atomic E-state index is 0.0441. The van der Waals surface area contributed by atoms with E-state index in [1.165, 1.54) is 43.4 Å². The normalized spacial score (nSPS) is 20.4. The molecule has 0 unspecified atom stereocenters. The van der Waals surface area contributed by atoms with Gasteiger partial charge in [0, 0.05) is 56.2 Å². The number of rotatable bonds is 6. The molecule has 0 spiro atoms. The number of carbonyl (C=O) groups is 1. The molecule has 0 radical (unpaired) electrons. The van der Waals surface area contributed by atoms with E-state index in [4.69, 9.17) is 4.98 Å². The van der Waals surface area contributed by atoms with Crippen molar-refractivity contribution in [2.24, 2.45) is 5.92 Å². The first-order valence-corrected chi connectivity index (χ1v) is 12.5. The summed E-state index contributed by atoms with van der Waals surface area (Å²) in [5.74, 6) is 1.11. The van der Waals surface area contributed by atoms with Crippen LogP contribution in [0.15, 0.2) is 30.5 Å². The molecule has 1 saturated heterocycles. The number of carbonyl (C=O) groups excluding carboxylic acids is 1.